The summed E-state index contributed by atoms with van der Waals surface area (Å²) in [7, 11) is 0. The molecule has 13 heteroatoms. The molecule has 6 aromatic rings. The average Bonchev–Trinajstić information content (AvgIpc) is 3.31. The fourth-order valence-corrected chi connectivity index (χ4v) is 5.17. The molecule has 3 aromatic carbocycles. The highest BCUT2D eigenvalue weighted by atomic mass is 16.7. The summed E-state index contributed by atoms with van der Waals surface area (Å²) in [5.74, 6) is -0.491. The van der Waals surface area contributed by atoms with Crippen LogP contribution in [0.25, 0.3) is 44.0 Å². The van der Waals surface area contributed by atoms with Gasteiger partial charge < -0.3 is 47.9 Å². The summed E-state index contributed by atoms with van der Waals surface area (Å²) in [5.41, 5.74) is -4.25. The van der Waals surface area contributed by atoms with Gasteiger partial charge in [0.15, 0.2) is 5.58 Å². The third-order valence-electron chi connectivity index (χ3n) is 7.50. The number of phenolic OH excluding ortho intramolecular Hbond substituents is 1. The summed E-state index contributed by atoms with van der Waals surface area (Å²) in [6, 6.07) is 17.4. The number of fused-ring (bicyclic) bond motifs is 3. The summed E-state index contributed by atoms with van der Waals surface area (Å²) in [4.78, 5) is 37.2. The lowest BCUT2D eigenvalue weighted by atomic mass is 9.98. The molecular weight excluding hydrogens is 592 g/mol. The number of aliphatic hydroxyl groups is 3. The van der Waals surface area contributed by atoms with Crippen LogP contribution in [0.15, 0.2) is 100 Å². The van der Waals surface area contributed by atoms with Gasteiger partial charge in [0.25, 0.3) is 0 Å². The van der Waals surface area contributed by atoms with Crippen molar-refractivity contribution in [2.75, 3.05) is 13.2 Å². The third kappa shape index (κ3) is 4.89. The fraction of sp³-hybridized carbons (Fsp3) is 0.156. The Bertz CT molecular complexity index is 2300. The Morgan fingerprint density at radius 1 is 0.778 bits per heavy atom. The van der Waals surface area contributed by atoms with E-state index >= 15 is 0 Å². The number of ether oxygens (including phenoxy) is 3. The number of hydrogen-bond donors (Lipinski definition) is 4. The minimum Gasteiger partial charge on any atom is -0.507 e. The van der Waals surface area contributed by atoms with Crippen LogP contribution >= 0.6 is 0 Å². The van der Waals surface area contributed by atoms with Gasteiger partial charge in [-0.2, -0.15) is 0 Å². The highest BCUT2D eigenvalue weighted by molar-refractivity contribution is 6.05. The number of benzene rings is 3. The zero-order valence-electron chi connectivity index (χ0n) is 23.0. The molecule has 1 fully saturated rings. The largest absolute Gasteiger partial charge is 0.507 e. The maximum absolute atomic E-state index is 13.2. The van der Waals surface area contributed by atoms with E-state index in [9.17, 15) is 34.8 Å². The quantitative estimate of drug-likeness (QED) is 0.200. The molecule has 4 N–H and O–H groups in total. The first-order valence-electron chi connectivity index (χ1n) is 13.5. The average molecular weight is 615 g/mol. The van der Waals surface area contributed by atoms with Crippen LogP contribution < -0.4 is 26.4 Å². The molecule has 4 heterocycles. The normalized spacial score (nSPS) is 19.8. The van der Waals surface area contributed by atoms with Crippen molar-refractivity contribution >= 4 is 32.9 Å². The van der Waals surface area contributed by atoms with Crippen molar-refractivity contribution in [1.29, 1.82) is 0 Å². The van der Waals surface area contributed by atoms with E-state index in [4.69, 9.17) is 27.5 Å². The summed E-state index contributed by atoms with van der Waals surface area (Å²) >= 11 is 0. The van der Waals surface area contributed by atoms with Gasteiger partial charge in [-0.3, -0.25) is 0 Å². The third-order valence-corrected chi connectivity index (χ3v) is 7.50. The molecule has 0 bridgehead atoms. The van der Waals surface area contributed by atoms with E-state index in [1.54, 1.807) is 24.3 Å². The van der Waals surface area contributed by atoms with Gasteiger partial charge in [0, 0.05) is 34.4 Å². The fourth-order valence-electron chi connectivity index (χ4n) is 5.17. The van der Waals surface area contributed by atoms with Crippen molar-refractivity contribution in [2.24, 2.45) is 0 Å². The van der Waals surface area contributed by atoms with Gasteiger partial charge in [0.05, 0.1) is 24.3 Å². The summed E-state index contributed by atoms with van der Waals surface area (Å²) < 4.78 is 33.4. The molecule has 0 amide bonds. The van der Waals surface area contributed by atoms with Crippen molar-refractivity contribution < 1.29 is 47.9 Å². The van der Waals surface area contributed by atoms with Crippen LogP contribution in [0.2, 0.25) is 0 Å². The van der Waals surface area contributed by atoms with Crippen molar-refractivity contribution in [2.45, 2.75) is 18.0 Å². The summed E-state index contributed by atoms with van der Waals surface area (Å²) in [6.45, 7) is -1.24. The molecule has 0 spiro atoms. The second-order valence-electron chi connectivity index (χ2n) is 10.4. The van der Waals surface area contributed by atoms with Crippen LogP contribution in [-0.2, 0) is 4.74 Å². The number of aliphatic hydroxyl groups excluding tert-OH is 2. The number of hydrogen-bond acceptors (Lipinski definition) is 13. The topological polar surface area (TPSA) is 199 Å². The molecule has 1 aliphatic heterocycles. The van der Waals surface area contributed by atoms with Crippen LogP contribution in [0.5, 0.6) is 23.0 Å². The molecule has 228 valence electrons. The second-order valence-corrected chi connectivity index (χ2v) is 10.4. The van der Waals surface area contributed by atoms with Gasteiger partial charge in [-0.25, -0.2) is 14.4 Å². The van der Waals surface area contributed by atoms with E-state index in [1.807, 2.05) is 0 Å². The molecule has 45 heavy (non-hydrogen) atoms. The van der Waals surface area contributed by atoms with Gasteiger partial charge in [-0.15, -0.1) is 0 Å². The van der Waals surface area contributed by atoms with E-state index in [0.717, 1.165) is 0 Å². The van der Waals surface area contributed by atoms with Gasteiger partial charge in [0.2, 0.25) is 12.0 Å². The van der Waals surface area contributed by atoms with E-state index in [0.29, 0.717) is 10.8 Å². The van der Waals surface area contributed by atoms with Crippen molar-refractivity contribution in [3.63, 3.8) is 0 Å². The zero-order valence-corrected chi connectivity index (χ0v) is 23.0. The molecule has 0 unspecified atom stereocenters. The lowest BCUT2D eigenvalue weighted by Crippen LogP contribution is -2.48. The van der Waals surface area contributed by atoms with Crippen LogP contribution in [0.4, 0.5) is 0 Å². The molecule has 7 rings (SSSR count). The zero-order chi connectivity index (χ0) is 31.5. The van der Waals surface area contributed by atoms with Crippen LogP contribution in [-0.4, -0.2) is 51.6 Å². The predicted octanol–water partition coefficient (Wildman–Crippen LogP) is 2.99. The van der Waals surface area contributed by atoms with Crippen LogP contribution in [0, 0.1) is 0 Å². The maximum atomic E-state index is 13.2. The first-order chi connectivity index (χ1) is 21.6. The summed E-state index contributed by atoms with van der Waals surface area (Å²) in [5, 5.41) is 43.0. The minimum atomic E-state index is -1.99. The number of rotatable bonds is 6. The van der Waals surface area contributed by atoms with E-state index < -0.39 is 48.1 Å². The molecule has 3 aromatic heterocycles. The monoisotopic (exact) mass is 614 g/mol. The Morgan fingerprint density at radius 3 is 2.24 bits per heavy atom. The Labute approximate surface area is 250 Å². The van der Waals surface area contributed by atoms with Crippen molar-refractivity contribution in [1.82, 2.24) is 0 Å². The molecule has 3 atom stereocenters. The number of phenols is 1. The highest BCUT2D eigenvalue weighted by Gasteiger charge is 2.49. The smallest absolute Gasteiger partial charge is 0.379 e. The SMILES string of the molecule is O=c1ccc2ccc(Oc3cc4ccc(O)c(-c5c(O[C@@H]6OC[C@](O)(CO)[C@@H]6O)ccc6ccc(=O)oc56)c4oc3=O)cc2o1. The van der Waals surface area contributed by atoms with Crippen molar-refractivity contribution in [3.8, 4) is 34.1 Å². The molecule has 13 nitrogen and oxygen atoms in total. The molecule has 1 aliphatic rings. The van der Waals surface area contributed by atoms with E-state index in [-0.39, 0.29) is 56.3 Å². The van der Waals surface area contributed by atoms with Crippen LogP contribution in [0.3, 0.4) is 0 Å². The molecule has 0 saturated carbocycles. The molecule has 0 aliphatic carbocycles. The Hall–Kier alpha value is -5.47. The standard InChI is InChI=1S/C32H22O13/c33-13-32(39)14-40-31(29(32)37)43-20-8-3-16-5-10-24(36)44-27(16)26(20)25-19(34)7-2-17-11-22(30(38)45-28(17)25)41-18-6-1-15-4-9-23(35)42-21(15)12-18/h1-12,29,31,33-34,37,39H,13-14H2/t29-,31+,32-/m1/s1. The lowest BCUT2D eigenvalue weighted by Gasteiger charge is -2.24. The Kier molecular flexibility index (Phi) is 6.67. The predicted molar refractivity (Wildman–Crippen MR) is 157 cm³/mol. The van der Waals surface area contributed by atoms with Gasteiger partial charge in [-0.1, -0.05) is 0 Å². The highest BCUT2D eigenvalue weighted by Crippen LogP contribution is 2.46. The van der Waals surface area contributed by atoms with Crippen molar-refractivity contribution in [3.05, 3.63) is 104 Å². The Morgan fingerprint density at radius 2 is 1.47 bits per heavy atom. The second kappa shape index (κ2) is 10.6. The maximum Gasteiger partial charge on any atom is 0.379 e. The van der Waals surface area contributed by atoms with Crippen LogP contribution in [0.1, 0.15) is 0 Å². The lowest BCUT2D eigenvalue weighted by molar-refractivity contribution is -0.115. The first-order valence-corrected chi connectivity index (χ1v) is 13.5. The minimum absolute atomic E-state index is 0.0232. The number of aromatic hydroxyl groups is 1. The molecular formula is C32H22O13. The van der Waals surface area contributed by atoms with E-state index in [1.165, 1.54) is 48.5 Å². The Balaban J connectivity index is 1.37. The summed E-state index contributed by atoms with van der Waals surface area (Å²) in [6.07, 6.45) is -3.14. The van der Waals surface area contributed by atoms with Gasteiger partial charge in [-0.05, 0) is 54.6 Å². The van der Waals surface area contributed by atoms with Gasteiger partial charge >= 0.3 is 16.9 Å². The van der Waals surface area contributed by atoms with E-state index in [2.05, 4.69) is 0 Å². The molecule has 1 saturated heterocycles. The molecule has 0 radical (unpaired) electrons. The first kappa shape index (κ1) is 28.3. The van der Waals surface area contributed by atoms with Gasteiger partial charge in [0.1, 0.15) is 40.1 Å².